The Balaban J connectivity index is 1.82. The summed E-state index contributed by atoms with van der Waals surface area (Å²) in [7, 11) is 0. The van der Waals surface area contributed by atoms with Crippen LogP contribution in [0.1, 0.15) is 30.4 Å². The zero-order valence-electron chi connectivity index (χ0n) is 12.8. The standard InChI is InChI=1S/C20H18N2O/c23-19-20(18(21-22-19)16-10-5-2-6-11-16)13-7-12-17(20)14-15-8-3-1-4-9-15/h1-6,8-11,14H,7,12-13H2,(H,22,23). The molecule has 1 heterocycles. The Kier molecular flexibility index (Phi) is 3.34. The second kappa shape index (κ2) is 5.51. The predicted molar refractivity (Wildman–Crippen MR) is 91.8 cm³/mol. The van der Waals surface area contributed by atoms with Crippen LogP contribution in [0.2, 0.25) is 0 Å². The lowest BCUT2D eigenvalue weighted by Crippen LogP contribution is -2.37. The molecule has 0 saturated heterocycles. The number of hydrogen-bond donors (Lipinski definition) is 1. The molecule has 114 valence electrons. The van der Waals surface area contributed by atoms with E-state index in [-0.39, 0.29) is 5.91 Å². The van der Waals surface area contributed by atoms with Crippen LogP contribution in [0.25, 0.3) is 6.08 Å². The Morgan fingerprint density at radius 3 is 2.43 bits per heavy atom. The maximum atomic E-state index is 12.7. The van der Waals surface area contributed by atoms with E-state index in [4.69, 9.17) is 0 Å². The van der Waals surface area contributed by atoms with Gasteiger partial charge in [-0.1, -0.05) is 66.7 Å². The Labute approximate surface area is 135 Å². The van der Waals surface area contributed by atoms with E-state index < -0.39 is 5.41 Å². The Bertz CT molecular complexity index is 793. The van der Waals surface area contributed by atoms with Gasteiger partial charge in [0.05, 0.1) is 5.71 Å². The predicted octanol–water partition coefficient (Wildman–Crippen LogP) is 3.77. The Morgan fingerprint density at radius 2 is 1.70 bits per heavy atom. The largest absolute Gasteiger partial charge is 0.272 e. The summed E-state index contributed by atoms with van der Waals surface area (Å²) >= 11 is 0. The highest BCUT2D eigenvalue weighted by molar-refractivity contribution is 6.22. The lowest BCUT2D eigenvalue weighted by atomic mass is 9.74. The average Bonchev–Trinajstić information content (AvgIpc) is 3.15. The van der Waals surface area contributed by atoms with Gasteiger partial charge in [0, 0.05) is 0 Å². The molecule has 1 spiro atoms. The molecule has 2 aromatic rings. The molecule has 0 aromatic heterocycles. The first-order valence-electron chi connectivity index (χ1n) is 8.01. The third kappa shape index (κ3) is 2.20. The number of amides is 1. The normalized spacial score (nSPS) is 25.0. The van der Waals surface area contributed by atoms with Gasteiger partial charge in [-0.25, -0.2) is 5.43 Å². The lowest BCUT2D eigenvalue weighted by molar-refractivity contribution is -0.124. The van der Waals surface area contributed by atoms with Crippen LogP contribution in [0, 0.1) is 5.41 Å². The van der Waals surface area contributed by atoms with E-state index >= 15 is 0 Å². The molecule has 1 saturated carbocycles. The average molecular weight is 302 g/mol. The van der Waals surface area contributed by atoms with Crippen molar-refractivity contribution in [2.75, 3.05) is 0 Å². The molecule has 1 N–H and O–H groups in total. The van der Waals surface area contributed by atoms with E-state index in [2.05, 4.69) is 28.7 Å². The summed E-state index contributed by atoms with van der Waals surface area (Å²) in [5.41, 5.74) is 6.31. The molecule has 1 fully saturated rings. The molecule has 0 radical (unpaired) electrons. The molecule has 1 aliphatic carbocycles. The summed E-state index contributed by atoms with van der Waals surface area (Å²) in [6, 6.07) is 20.2. The highest BCUT2D eigenvalue weighted by Crippen LogP contribution is 2.48. The van der Waals surface area contributed by atoms with E-state index in [1.54, 1.807) is 0 Å². The topological polar surface area (TPSA) is 41.5 Å². The van der Waals surface area contributed by atoms with Gasteiger partial charge in [-0.15, -0.1) is 0 Å². The number of rotatable bonds is 2. The van der Waals surface area contributed by atoms with Gasteiger partial charge in [-0.2, -0.15) is 5.10 Å². The fourth-order valence-electron chi connectivity index (χ4n) is 3.71. The molecule has 1 aliphatic heterocycles. The quantitative estimate of drug-likeness (QED) is 0.901. The second-order valence-corrected chi connectivity index (χ2v) is 6.11. The number of hydrazone groups is 1. The van der Waals surface area contributed by atoms with Crippen molar-refractivity contribution >= 4 is 17.7 Å². The molecule has 2 aromatic carbocycles. The number of nitrogens with zero attached hydrogens (tertiary/aromatic N) is 1. The van der Waals surface area contributed by atoms with Crippen LogP contribution in [0.15, 0.2) is 71.3 Å². The van der Waals surface area contributed by atoms with Crippen LogP contribution >= 0.6 is 0 Å². The zero-order valence-corrected chi connectivity index (χ0v) is 12.8. The summed E-state index contributed by atoms with van der Waals surface area (Å²) in [4.78, 5) is 12.7. The minimum Gasteiger partial charge on any atom is -0.272 e. The number of carbonyl (C=O) groups is 1. The fourth-order valence-corrected chi connectivity index (χ4v) is 3.71. The molecule has 2 aliphatic rings. The molecule has 3 heteroatoms. The van der Waals surface area contributed by atoms with Crippen LogP contribution in [0.3, 0.4) is 0 Å². The van der Waals surface area contributed by atoms with E-state index in [1.165, 1.54) is 5.57 Å². The van der Waals surface area contributed by atoms with Crippen LogP contribution < -0.4 is 5.43 Å². The van der Waals surface area contributed by atoms with Gasteiger partial charge in [-0.05, 0) is 36.0 Å². The van der Waals surface area contributed by atoms with Crippen molar-refractivity contribution in [1.82, 2.24) is 5.43 Å². The van der Waals surface area contributed by atoms with E-state index in [1.807, 2.05) is 48.5 Å². The van der Waals surface area contributed by atoms with Gasteiger partial charge in [0.25, 0.3) is 5.91 Å². The third-order valence-corrected chi connectivity index (χ3v) is 4.79. The minimum absolute atomic E-state index is 0.0102. The van der Waals surface area contributed by atoms with E-state index in [0.717, 1.165) is 36.1 Å². The maximum Gasteiger partial charge on any atom is 0.256 e. The summed E-state index contributed by atoms with van der Waals surface area (Å²) in [5.74, 6) is 0.0102. The van der Waals surface area contributed by atoms with Crippen LogP contribution in [0.4, 0.5) is 0 Å². The fraction of sp³-hybridized carbons (Fsp3) is 0.200. The molecule has 4 rings (SSSR count). The van der Waals surface area contributed by atoms with Crippen molar-refractivity contribution in [3.8, 4) is 0 Å². The summed E-state index contributed by atoms with van der Waals surface area (Å²) in [5, 5.41) is 4.39. The van der Waals surface area contributed by atoms with Crippen molar-refractivity contribution < 1.29 is 4.79 Å². The van der Waals surface area contributed by atoms with Gasteiger partial charge in [0.2, 0.25) is 0 Å². The van der Waals surface area contributed by atoms with E-state index in [0.29, 0.717) is 0 Å². The van der Waals surface area contributed by atoms with Crippen molar-refractivity contribution in [1.29, 1.82) is 0 Å². The smallest absolute Gasteiger partial charge is 0.256 e. The monoisotopic (exact) mass is 302 g/mol. The van der Waals surface area contributed by atoms with Gasteiger partial charge >= 0.3 is 0 Å². The lowest BCUT2D eigenvalue weighted by Gasteiger charge is -2.24. The molecule has 0 bridgehead atoms. The SMILES string of the molecule is O=C1NN=C(c2ccccc2)C12CCCC2=Cc1ccccc1. The molecule has 1 atom stereocenters. The number of carbonyl (C=O) groups excluding carboxylic acids is 1. The zero-order chi connectivity index (χ0) is 15.7. The van der Waals surface area contributed by atoms with Gasteiger partial charge in [0.1, 0.15) is 5.41 Å². The van der Waals surface area contributed by atoms with Crippen LogP contribution in [-0.4, -0.2) is 11.6 Å². The molecule has 1 amide bonds. The molecule has 1 unspecified atom stereocenters. The van der Waals surface area contributed by atoms with Gasteiger partial charge in [-0.3, -0.25) is 4.79 Å². The first-order chi connectivity index (χ1) is 11.3. The van der Waals surface area contributed by atoms with Crippen molar-refractivity contribution in [2.24, 2.45) is 10.5 Å². The minimum atomic E-state index is -0.600. The van der Waals surface area contributed by atoms with Crippen molar-refractivity contribution in [3.63, 3.8) is 0 Å². The summed E-state index contributed by atoms with van der Waals surface area (Å²) in [6.45, 7) is 0. The number of hydrogen-bond acceptors (Lipinski definition) is 2. The first kappa shape index (κ1) is 13.9. The van der Waals surface area contributed by atoms with Crippen LogP contribution in [0.5, 0.6) is 0 Å². The summed E-state index contributed by atoms with van der Waals surface area (Å²) < 4.78 is 0. The van der Waals surface area contributed by atoms with Crippen molar-refractivity contribution in [3.05, 3.63) is 77.4 Å². The van der Waals surface area contributed by atoms with Crippen LogP contribution in [-0.2, 0) is 4.79 Å². The molecular formula is C20H18N2O. The van der Waals surface area contributed by atoms with Gasteiger partial charge in [0.15, 0.2) is 0 Å². The number of benzene rings is 2. The van der Waals surface area contributed by atoms with Gasteiger partial charge < -0.3 is 0 Å². The highest BCUT2D eigenvalue weighted by Gasteiger charge is 2.52. The second-order valence-electron chi connectivity index (χ2n) is 6.11. The van der Waals surface area contributed by atoms with Crippen molar-refractivity contribution in [2.45, 2.75) is 19.3 Å². The van der Waals surface area contributed by atoms with E-state index in [9.17, 15) is 4.79 Å². The Hall–Kier alpha value is -2.68. The summed E-state index contributed by atoms with van der Waals surface area (Å²) in [6.07, 6.45) is 4.94. The Morgan fingerprint density at radius 1 is 1.00 bits per heavy atom. The number of nitrogens with one attached hydrogen (secondary N) is 1. The molecular weight excluding hydrogens is 284 g/mol. The maximum absolute atomic E-state index is 12.7. The highest BCUT2D eigenvalue weighted by atomic mass is 16.2. The first-order valence-corrected chi connectivity index (χ1v) is 8.01. The third-order valence-electron chi connectivity index (χ3n) is 4.79. The molecule has 3 nitrogen and oxygen atoms in total. The molecule has 23 heavy (non-hydrogen) atoms.